The molecular weight excluding hydrogens is 604 g/mol. The number of allylic oxidation sites excluding steroid dienone is 6. The van der Waals surface area contributed by atoms with Crippen molar-refractivity contribution in [3.63, 3.8) is 0 Å². The number of carbonyl (C=O) groups is 1. The van der Waals surface area contributed by atoms with Crippen LogP contribution in [-0.2, 0) is 11.3 Å². The van der Waals surface area contributed by atoms with Gasteiger partial charge in [-0.3, -0.25) is 14.6 Å². The van der Waals surface area contributed by atoms with E-state index >= 15 is 0 Å². The Balaban J connectivity index is 1.60. The summed E-state index contributed by atoms with van der Waals surface area (Å²) in [7, 11) is 3.78. The van der Waals surface area contributed by atoms with E-state index in [2.05, 4.69) is 100 Å². The Morgan fingerprint density at radius 3 is 2.39 bits per heavy atom. The van der Waals surface area contributed by atoms with E-state index in [1.54, 1.807) is 7.11 Å². The van der Waals surface area contributed by atoms with Crippen LogP contribution < -0.4 is 4.74 Å². The van der Waals surface area contributed by atoms with E-state index in [0.29, 0.717) is 12.1 Å². The van der Waals surface area contributed by atoms with Crippen LogP contribution in [0.2, 0.25) is 0 Å². The minimum Gasteiger partial charge on any atom is -0.496 e. The van der Waals surface area contributed by atoms with Crippen molar-refractivity contribution >= 4 is 11.5 Å². The first kappa shape index (κ1) is 39.4. The van der Waals surface area contributed by atoms with Crippen molar-refractivity contribution in [2.75, 3.05) is 53.4 Å². The molecule has 0 aromatic heterocycles. The van der Waals surface area contributed by atoms with E-state index in [0.717, 1.165) is 69.0 Å². The van der Waals surface area contributed by atoms with Gasteiger partial charge in [-0.15, -0.1) is 6.42 Å². The van der Waals surface area contributed by atoms with Crippen LogP contribution >= 0.6 is 0 Å². The van der Waals surface area contributed by atoms with E-state index in [9.17, 15) is 4.79 Å². The molecule has 0 radical (unpaired) electrons. The van der Waals surface area contributed by atoms with E-state index in [1.807, 2.05) is 43.0 Å². The van der Waals surface area contributed by atoms with Gasteiger partial charge in [-0.25, -0.2) is 0 Å². The molecule has 1 aromatic rings. The maximum atomic E-state index is 13.1. The van der Waals surface area contributed by atoms with Crippen molar-refractivity contribution in [2.24, 2.45) is 5.92 Å². The smallest absolute Gasteiger partial charge is 0.262 e. The molecular formula is C43H60N4O2. The van der Waals surface area contributed by atoms with Crippen molar-refractivity contribution in [3.8, 4) is 18.1 Å². The van der Waals surface area contributed by atoms with Gasteiger partial charge in [0.1, 0.15) is 5.75 Å². The summed E-state index contributed by atoms with van der Waals surface area (Å²) in [4.78, 5) is 22.1. The Morgan fingerprint density at radius 2 is 1.80 bits per heavy atom. The van der Waals surface area contributed by atoms with Gasteiger partial charge in [-0.1, -0.05) is 74.4 Å². The van der Waals surface area contributed by atoms with E-state index in [4.69, 9.17) is 11.2 Å². The fraction of sp³-hybridized carbons (Fsp3) is 0.465. The third kappa shape index (κ3) is 11.0. The predicted octanol–water partition coefficient (Wildman–Crippen LogP) is 8.16. The first-order chi connectivity index (χ1) is 23.3. The number of ether oxygens (including phenoxy) is 1. The number of amides is 1. The topological polar surface area (TPSA) is 39.3 Å². The molecule has 6 nitrogen and oxygen atoms in total. The highest BCUT2D eigenvalue weighted by molar-refractivity contribution is 5.98. The average molecular weight is 665 g/mol. The number of methoxy groups -OCH3 is 1. The van der Waals surface area contributed by atoms with Crippen LogP contribution in [0.25, 0.3) is 5.57 Å². The monoisotopic (exact) mass is 664 g/mol. The number of rotatable bonds is 14. The number of nitrogens with zero attached hydrogens (tertiary/aromatic N) is 4. The Morgan fingerprint density at radius 1 is 1.12 bits per heavy atom. The van der Waals surface area contributed by atoms with Crippen LogP contribution in [0.1, 0.15) is 71.1 Å². The van der Waals surface area contributed by atoms with Crippen LogP contribution in [0.5, 0.6) is 5.75 Å². The van der Waals surface area contributed by atoms with Crippen LogP contribution in [0, 0.1) is 25.2 Å². The molecule has 49 heavy (non-hydrogen) atoms. The molecule has 2 heterocycles. The summed E-state index contributed by atoms with van der Waals surface area (Å²) in [6, 6.07) is 4.47. The van der Waals surface area contributed by atoms with Gasteiger partial charge in [0.25, 0.3) is 5.91 Å². The van der Waals surface area contributed by atoms with Crippen LogP contribution in [0.4, 0.5) is 0 Å². The molecule has 0 N–H and O–H groups in total. The van der Waals surface area contributed by atoms with E-state index in [-0.39, 0.29) is 17.9 Å². The number of hydrogen-bond donors (Lipinski definition) is 0. The predicted molar refractivity (Wildman–Crippen MR) is 208 cm³/mol. The fourth-order valence-corrected chi connectivity index (χ4v) is 6.48. The summed E-state index contributed by atoms with van der Waals surface area (Å²) >= 11 is 0. The second-order valence-electron chi connectivity index (χ2n) is 14.1. The minimum atomic E-state index is -0.0575. The molecule has 0 bridgehead atoms. The number of terminal acetylenes is 1. The van der Waals surface area contributed by atoms with Gasteiger partial charge in [0.2, 0.25) is 0 Å². The highest BCUT2D eigenvalue weighted by atomic mass is 16.5. The van der Waals surface area contributed by atoms with Gasteiger partial charge in [-0.05, 0) is 87.9 Å². The lowest BCUT2D eigenvalue weighted by Crippen LogP contribution is -2.46. The van der Waals surface area contributed by atoms with Crippen molar-refractivity contribution in [2.45, 2.75) is 73.9 Å². The number of hydrogen-bond acceptors (Lipinski definition) is 5. The van der Waals surface area contributed by atoms with Crippen molar-refractivity contribution in [1.82, 2.24) is 19.6 Å². The summed E-state index contributed by atoms with van der Waals surface area (Å²) in [5.74, 6) is 3.71. The van der Waals surface area contributed by atoms with Gasteiger partial charge in [-0.2, -0.15) is 0 Å². The zero-order chi connectivity index (χ0) is 36.2. The first-order valence-electron chi connectivity index (χ1n) is 17.6. The molecule has 1 amide bonds. The van der Waals surface area contributed by atoms with Gasteiger partial charge < -0.3 is 14.5 Å². The lowest BCUT2D eigenvalue weighted by molar-refractivity contribution is -0.126. The Bertz CT molecular complexity index is 1550. The van der Waals surface area contributed by atoms with Crippen molar-refractivity contribution in [1.29, 1.82) is 0 Å². The number of carbonyl (C=O) groups excluding carboxylic acids is 1. The normalized spacial score (nSPS) is 18.2. The van der Waals surface area contributed by atoms with Crippen molar-refractivity contribution in [3.05, 3.63) is 107 Å². The molecule has 2 fully saturated rings. The second-order valence-corrected chi connectivity index (χ2v) is 14.1. The van der Waals surface area contributed by atoms with Crippen molar-refractivity contribution < 1.29 is 9.53 Å². The average Bonchev–Trinajstić information content (AvgIpc) is 3.57. The summed E-state index contributed by atoms with van der Waals surface area (Å²) in [5.41, 5.74) is 10.1. The largest absolute Gasteiger partial charge is 0.496 e. The van der Waals surface area contributed by atoms with Gasteiger partial charge in [0.15, 0.2) is 0 Å². The first-order valence-corrected chi connectivity index (χ1v) is 17.6. The van der Waals surface area contributed by atoms with Crippen LogP contribution in [0.15, 0.2) is 89.9 Å². The summed E-state index contributed by atoms with van der Waals surface area (Å²) in [6.45, 7) is 29.7. The molecule has 6 heteroatoms. The highest BCUT2D eigenvalue weighted by Crippen LogP contribution is 2.33. The molecule has 1 unspecified atom stereocenters. The quantitative estimate of drug-likeness (QED) is 0.114. The molecule has 264 valence electrons. The molecule has 1 atom stereocenters. The van der Waals surface area contributed by atoms with Crippen LogP contribution in [0.3, 0.4) is 0 Å². The number of likely N-dealkylation sites (tertiary alicyclic amines) is 1. The molecule has 0 aliphatic carbocycles. The zero-order valence-corrected chi connectivity index (χ0v) is 31.7. The zero-order valence-electron chi connectivity index (χ0n) is 31.7. The molecule has 2 aliphatic rings. The SMILES string of the molecule is C#C/C(=C\C(C)C)C(=O)N1CCCC1C(=C)/C=C\C=C(/C)CN1CCN(Cc2c(C)cc(/C(=C/N(C)C=C)C(C)=C(C)C)cc2OC)CC1. The second kappa shape index (κ2) is 18.6. The van der Waals surface area contributed by atoms with E-state index in [1.165, 1.54) is 33.4 Å². The third-order valence-corrected chi connectivity index (χ3v) is 9.58. The Kier molecular flexibility index (Phi) is 15.0. The lowest BCUT2D eigenvalue weighted by Gasteiger charge is -2.35. The van der Waals surface area contributed by atoms with Gasteiger partial charge in [0, 0.05) is 70.2 Å². The molecule has 0 saturated carbocycles. The highest BCUT2D eigenvalue weighted by Gasteiger charge is 2.31. The maximum Gasteiger partial charge on any atom is 0.262 e. The molecule has 2 aliphatic heterocycles. The lowest BCUT2D eigenvalue weighted by atomic mass is 9.93. The summed E-state index contributed by atoms with van der Waals surface area (Å²) in [5, 5.41) is 0. The summed E-state index contributed by atoms with van der Waals surface area (Å²) in [6.07, 6.45) is 19.7. The van der Waals surface area contributed by atoms with Gasteiger partial charge >= 0.3 is 0 Å². The molecule has 3 rings (SSSR count). The molecule has 2 saturated heterocycles. The third-order valence-electron chi connectivity index (χ3n) is 9.58. The Labute approximate surface area is 297 Å². The van der Waals surface area contributed by atoms with E-state index < -0.39 is 0 Å². The van der Waals surface area contributed by atoms with Gasteiger partial charge in [0.05, 0.1) is 18.7 Å². The summed E-state index contributed by atoms with van der Waals surface area (Å²) < 4.78 is 5.97. The van der Waals surface area contributed by atoms with Crippen LogP contribution in [-0.4, -0.2) is 85.0 Å². The number of benzene rings is 1. The molecule has 1 aromatic carbocycles. The Hall–Kier alpha value is -4.05. The number of aryl methyl sites for hydroxylation is 1. The number of piperazine rings is 1. The fourth-order valence-electron chi connectivity index (χ4n) is 6.48. The molecule has 0 spiro atoms. The standard InChI is InChI=1S/C43H60N4O2/c1-13-37(25-31(3)4)43(48)47-20-16-19-41(47)34(8)18-15-17-33(7)28-45-21-23-46(24-22-45)30-39-35(9)26-38(27-42(39)49-12)40(29-44(11)14-2)36(10)32(5)6/h1,14-15,17-18,25-27,29,31,41H,2,8,16,19-24,28,30H2,3-7,9-12H3/b18-15-,33-17+,37-25+,40-29+. The minimum absolute atomic E-state index is 0.00752. The maximum absolute atomic E-state index is 13.1.